The van der Waals surface area contributed by atoms with Crippen molar-refractivity contribution in [3.63, 3.8) is 0 Å². The molecule has 2 bridgehead atoms. The maximum absolute atomic E-state index is 8.96. The number of hydrogen-bond acceptors (Lipinski definition) is 2. The van der Waals surface area contributed by atoms with E-state index in [4.69, 9.17) is 11.0 Å². The lowest BCUT2D eigenvalue weighted by atomic mass is 9.74. The minimum Gasteiger partial charge on any atom is -0.327 e. The van der Waals surface area contributed by atoms with E-state index in [9.17, 15) is 0 Å². The van der Waals surface area contributed by atoms with Crippen LogP contribution in [0.5, 0.6) is 0 Å². The molecule has 0 saturated heterocycles. The van der Waals surface area contributed by atoms with E-state index in [1.807, 2.05) is 0 Å². The lowest BCUT2D eigenvalue weighted by molar-refractivity contribution is 0.238. The fourth-order valence-corrected chi connectivity index (χ4v) is 2.96. The van der Waals surface area contributed by atoms with Crippen molar-refractivity contribution in [3.05, 3.63) is 0 Å². The first-order valence-corrected chi connectivity index (χ1v) is 4.32. The monoisotopic (exact) mass is 150 g/mol. The van der Waals surface area contributed by atoms with Crippen molar-refractivity contribution in [1.29, 1.82) is 5.26 Å². The molecule has 0 amide bonds. The third-order valence-corrected chi connectivity index (χ3v) is 3.50. The molecular formula is C9H14N2. The van der Waals surface area contributed by atoms with Crippen LogP contribution < -0.4 is 5.73 Å². The third-order valence-electron chi connectivity index (χ3n) is 3.50. The second kappa shape index (κ2) is 1.98. The average molecular weight is 150 g/mol. The maximum atomic E-state index is 8.96. The maximum Gasteiger partial charge on any atom is 0.0690 e. The predicted molar refractivity (Wildman–Crippen MR) is 42.5 cm³/mol. The Labute approximate surface area is 67.4 Å². The SMILES string of the molecule is C[C@@]1(C#N)C[C@H]2C[C@@H](N)[C@H]1C2. The molecule has 2 aliphatic rings. The molecule has 2 rings (SSSR count). The molecular weight excluding hydrogens is 136 g/mol. The Kier molecular flexibility index (Phi) is 1.28. The van der Waals surface area contributed by atoms with Gasteiger partial charge in [0.2, 0.25) is 0 Å². The van der Waals surface area contributed by atoms with Gasteiger partial charge in [-0.3, -0.25) is 0 Å². The Bertz CT molecular complexity index is 218. The van der Waals surface area contributed by atoms with Crippen molar-refractivity contribution in [1.82, 2.24) is 0 Å². The van der Waals surface area contributed by atoms with E-state index < -0.39 is 0 Å². The molecule has 2 fully saturated rings. The standard InChI is InChI=1S/C9H14N2/c1-9(5-10)4-6-2-7(9)8(11)3-6/h6-8H,2-4,11H2,1H3/t6-,7-,8-,9+/m1/s1. The summed E-state index contributed by atoms with van der Waals surface area (Å²) in [5.41, 5.74) is 5.83. The predicted octanol–water partition coefficient (Wildman–Crippen LogP) is 1.27. The Hall–Kier alpha value is -0.550. The Balaban J connectivity index is 2.26. The largest absolute Gasteiger partial charge is 0.327 e. The highest BCUT2D eigenvalue weighted by molar-refractivity contribution is 5.12. The van der Waals surface area contributed by atoms with Gasteiger partial charge < -0.3 is 5.73 Å². The second-order valence-corrected chi connectivity index (χ2v) is 4.34. The zero-order chi connectivity index (χ0) is 8.06. The van der Waals surface area contributed by atoms with Gasteiger partial charge in [-0.05, 0) is 38.0 Å². The van der Waals surface area contributed by atoms with Gasteiger partial charge in [-0.15, -0.1) is 0 Å². The zero-order valence-electron chi connectivity index (χ0n) is 6.88. The van der Waals surface area contributed by atoms with Crippen molar-refractivity contribution in [2.45, 2.75) is 32.2 Å². The van der Waals surface area contributed by atoms with Gasteiger partial charge >= 0.3 is 0 Å². The molecule has 0 radical (unpaired) electrons. The van der Waals surface area contributed by atoms with Crippen LogP contribution in [0, 0.1) is 28.6 Å². The van der Waals surface area contributed by atoms with Crippen LogP contribution in [0.15, 0.2) is 0 Å². The van der Waals surface area contributed by atoms with E-state index in [1.165, 1.54) is 6.42 Å². The van der Waals surface area contributed by atoms with Gasteiger partial charge in [-0.25, -0.2) is 0 Å². The first-order valence-electron chi connectivity index (χ1n) is 4.32. The topological polar surface area (TPSA) is 49.8 Å². The van der Waals surface area contributed by atoms with E-state index in [0.717, 1.165) is 18.8 Å². The van der Waals surface area contributed by atoms with Gasteiger partial charge in [0.1, 0.15) is 0 Å². The number of nitriles is 1. The highest BCUT2D eigenvalue weighted by atomic mass is 14.7. The Morgan fingerprint density at radius 1 is 1.55 bits per heavy atom. The quantitative estimate of drug-likeness (QED) is 0.565. The molecule has 0 unspecified atom stereocenters. The number of nitrogens with zero attached hydrogens (tertiary/aromatic N) is 1. The molecule has 2 saturated carbocycles. The molecule has 60 valence electrons. The van der Waals surface area contributed by atoms with Gasteiger partial charge in [-0.1, -0.05) is 0 Å². The first kappa shape index (κ1) is 7.12. The summed E-state index contributed by atoms with van der Waals surface area (Å²) < 4.78 is 0. The van der Waals surface area contributed by atoms with Crippen LogP contribution in [0.3, 0.4) is 0 Å². The van der Waals surface area contributed by atoms with Crippen LogP contribution in [0.1, 0.15) is 26.2 Å². The molecule has 0 spiro atoms. The van der Waals surface area contributed by atoms with Crippen LogP contribution in [-0.2, 0) is 0 Å². The molecule has 0 aromatic carbocycles. The van der Waals surface area contributed by atoms with Gasteiger partial charge in [0.15, 0.2) is 0 Å². The van der Waals surface area contributed by atoms with Crippen LogP contribution in [0.2, 0.25) is 0 Å². The van der Waals surface area contributed by atoms with Crippen LogP contribution in [0.4, 0.5) is 0 Å². The van der Waals surface area contributed by atoms with Crippen molar-refractivity contribution in [3.8, 4) is 6.07 Å². The molecule has 0 aromatic heterocycles. The number of nitrogens with two attached hydrogens (primary N) is 1. The van der Waals surface area contributed by atoms with Crippen molar-refractivity contribution >= 4 is 0 Å². The smallest absolute Gasteiger partial charge is 0.0690 e. The Morgan fingerprint density at radius 2 is 2.27 bits per heavy atom. The second-order valence-electron chi connectivity index (χ2n) is 4.34. The molecule has 0 heterocycles. The minimum absolute atomic E-state index is 0.0949. The van der Waals surface area contributed by atoms with E-state index in [2.05, 4.69) is 13.0 Å². The third kappa shape index (κ3) is 0.810. The summed E-state index contributed by atoms with van der Waals surface area (Å²) in [6, 6.07) is 2.73. The molecule has 4 atom stereocenters. The van der Waals surface area contributed by atoms with Gasteiger partial charge in [0.25, 0.3) is 0 Å². The summed E-state index contributed by atoms with van der Waals surface area (Å²) >= 11 is 0. The average Bonchev–Trinajstić information content (AvgIpc) is 2.44. The summed E-state index contributed by atoms with van der Waals surface area (Å²) in [7, 11) is 0. The van der Waals surface area contributed by atoms with Crippen molar-refractivity contribution in [2.24, 2.45) is 23.0 Å². The highest BCUT2D eigenvalue weighted by Gasteiger charge is 2.52. The lowest BCUT2D eigenvalue weighted by Crippen LogP contribution is -2.37. The Morgan fingerprint density at radius 3 is 2.64 bits per heavy atom. The van der Waals surface area contributed by atoms with Crippen LogP contribution >= 0.6 is 0 Å². The van der Waals surface area contributed by atoms with Gasteiger partial charge in [0, 0.05) is 6.04 Å². The lowest BCUT2D eigenvalue weighted by Gasteiger charge is -2.30. The molecule has 0 aliphatic heterocycles. The summed E-state index contributed by atoms with van der Waals surface area (Å²) in [5, 5.41) is 8.96. The molecule has 2 heteroatoms. The molecule has 2 N–H and O–H groups in total. The number of rotatable bonds is 0. The van der Waals surface area contributed by atoms with E-state index in [1.54, 1.807) is 0 Å². The van der Waals surface area contributed by atoms with E-state index in [-0.39, 0.29) is 5.41 Å². The minimum atomic E-state index is -0.0949. The van der Waals surface area contributed by atoms with Crippen molar-refractivity contribution in [2.75, 3.05) is 0 Å². The van der Waals surface area contributed by atoms with Crippen molar-refractivity contribution < 1.29 is 0 Å². The highest BCUT2D eigenvalue weighted by Crippen LogP contribution is 2.54. The summed E-state index contributed by atoms with van der Waals surface area (Å²) in [4.78, 5) is 0. The summed E-state index contributed by atoms with van der Waals surface area (Å²) in [5.74, 6) is 1.23. The zero-order valence-corrected chi connectivity index (χ0v) is 6.88. The summed E-state index contributed by atoms with van der Waals surface area (Å²) in [6.45, 7) is 2.07. The van der Waals surface area contributed by atoms with E-state index in [0.29, 0.717) is 12.0 Å². The fourth-order valence-electron chi connectivity index (χ4n) is 2.96. The molecule has 0 aromatic rings. The number of fused-ring (bicyclic) bond motifs is 2. The molecule has 2 aliphatic carbocycles. The van der Waals surface area contributed by atoms with Gasteiger partial charge in [0.05, 0.1) is 11.5 Å². The van der Waals surface area contributed by atoms with Gasteiger partial charge in [-0.2, -0.15) is 5.26 Å². The van der Waals surface area contributed by atoms with E-state index >= 15 is 0 Å². The first-order chi connectivity index (χ1) is 5.15. The van der Waals surface area contributed by atoms with Crippen LogP contribution in [-0.4, -0.2) is 6.04 Å². The van der Waals surface area contributed by atoms with Crippen LogP contribution in [0.25, 0.3) is 0 Å². The summed E-state index contributed by atoms with van der Waals surface area (Å²) in [6.07, 6.45) is 3.44. The normalized spacial score (nSPS) is 54.5. The number of hydrogen-bond donors (Lipinski definition) is 1. The molecule has 11 heavy (non-hydrogen) atoms. The fraction of sp³-hybridized carbons (Fsp3) is 0.889. The molecule has 2 nitrogen and oxygen atoms in total.